The van der Waals surface area contributed by atoms with Gasteiger partial charge in [-0.05, 0) is 12.5 Å². The van der Waals surface area contributed by atoms with E-state index in [1.807, 2.05) is 0 Å². The van der Waals surface area contributed by atoms with Crippen LogP contribution in [0.1, 0.15) is 23.2 Å². The van der Waals surface area contributed by atoms with Gasteiger partial charge in [-0.2, -0.15) is 0 Å². The van der Waals surface area contributed by atoms with Gasteiger partial charge in [0, 0.05) is 25.2 Å². The third kappa shape index (κ3) is 2.99. The van der Waals surface area contributed by atoms with Gasteiger partial charge < -0.3 is 10.6 Å². The summed E-state index contributed by atoms with van der Waals surface area (Å²) in [6.45, 7) is 0.410. The number of amides is 2. The van der Waals surface area contributed by atoms with Crippen LogP contribution in [0, 0.1) is 5.82 Å². The molecule has 6 heteroatoms. The number of piperidine rings is 1. The van der Waals surface area contributed by atoms with Crippen molar-refractivity contribution in [1.82, 2.24) is 15.6 Å². The number of carbonyl (C=O) groups is 2. The quantitative estimate of drug-likeness (QED) is 0.773. The van der Waals surface area contributed by atoms with E-state index >= 15 is 0 Å². The number of nitrogens with zero attached hydrogens (tertiary/aromatic N) is 1. The number of halogens is 1. The summed E-state index contributed by atoms with van der Waals surface area (Å²) in [6, 6.07) is 1.02. The van der Waals surface area contributed by atoms with E-state index in [1.165, 1.54) is 6.20 Å². The molecule has 2 heterocycles. The summed E-state index contributed by atoms with van der Waals surface area (Å²) in [4.78, 5) is 26.2. The van der Waals surface area contributed by atoms with E-state index in [0.29, 0.717) is 19.4 Å². The molecule has 0 bridgehead atoms. The zero-order valence-corrected chi connectivity index (χ0v) is 9.07. The Morgan fingerprint density at radius 3 is 3.00 bits per heavy atom. The Bertz CT molecular complexity index is 440. The van der Waals surface area contributed by atoms with Crippen molar-refractivity contribution in [1.29, 1.82) is 0 Å². The molecule has 0 saturated carbocycles. The van der Waals surface area contributed by atoms with E-state index in [9.17, 15) is 14.0 Å². The molecule has 1 unspecified atom stereocenters. The van der Waals surface area contributed by atoms with Gasteiger partial charge in [0.2, 0.25) is 5.91 Å². The van der Waals surface area contributed by atoms with Gasteiger partial charge in [-0.25, -0.2) is 4.39 Å². The molecule has 1 aliphatic rings. The predicted molar refractivity (Wildman–Crippen MR) is 57.7 cm³/mol. The molecule has 1 atom stereocenters. The normalized spacial score (nSPS) is 19.6. The van der Waals surface area contributed by atoms with E-state index in [2.05, 4.69) is 15.6 Å². The first-order valence-electron chi connectivity index (χ1n) is 5.33. The van der Waals surface area contributed by atoms with E-state index in [0.717, 1.165) is 12.3 Å². The van der Waals surface area contributed by atoms with Gasteiger partial charge in [-0.3, -0.25) is 14.6 Å². The van der Waals surface area contributed by atoms with Gasteiger partial charge in [0.25, 0.3) is 5.91 Å². The molecule has 0 radical (unpaired) electrons. The van der Waals surface area contributed by atoms with Crippen LogP contribution in [0.15, 0.2) is 18.5 Å². The minimum absolute atomic E-state index is 0.0112. The maximum Gasteiger partial charge on any atom is 0.253 e. The van der Waals surface area contributed by atoms with Crippen LogP contribution in [-0.4, -0.2) is 29.4 Å². The number of nitrogens with one attached hydrogen (secondary N) is 2. The molecule has 2 amide bonds. The minimum atomic E-state index is -0.547. The molecule has 2 N–H and O–H groups in total. The number of rotatable bonds is 2. The van der Waals surface area contributed by atoms with Crippen molar-refractivity contribution in [2.75, 3.05) is 6.54 Å². The molecule has 5 nitrogen and oxygen atoms in total. The number of pyridine rings is 1. The Kier molecular flexibility index (Phi) is 3.32. The van der Waals surface area contributed by atoms with E-state index < -0.39 is 5.82 Å². The molecule has 1 aliphatic heterocycles. The van der Waals surface area contributed by atoms with E-state index in [-0.39, 0.29) is 23.4 Å². The maximum absolute atomic E-state index is 12.9. The summed E-state index contributed by atoms with van der Waals surface area (Å²) in [5, 5.41) is 5.38. The Hall–Kier alpha value is -1.98. The van der Waals surface area contributed by atoms with Gasteiger partial charge >= 0.3 is 0 Å². The highest BCUT2D eigenvalue weighted by atomic mass is 19.1. The molecule has 90 valence electrons. The molecule has 0 aliphatic carbocycles. The third-order valence-corrected chi connectivity index (χ3v) is 2.57. The number of hydrogen-bond donors (Lipinski definition) is 2. The SMILES string of the molecule is O=C1CCC(NC(=O)c2cncc(F)c2)CN1. The second kappa shape index (κ2) is 4.90. The fraction of sp³-hybridized carbons (Fsp3) is 0.364. The van der Waals surface area contributed by atoms with Crippen LogP contribution in [0.25, 0.3) is 0 Å². The van der Waals surface area contributed by atoms with Crippen LogP contribution in [0.3, 0.4) is 0 Å². The summed E-state index contributed by atoms with van der Waals surface area (Å²) >= 11 is 0. The van der Waals surface area contributed by atoms with Crippen LogP contribution in [-0.2, 0) is 4.79 Å². The molecule has 1 fully saturated rings. The topological polar surface area (TPSA) is 71.1 Å². The van der Waals surface area contributed by atoms with Crippen molar-refractivity contribution < 1.29 is 14.0 Å². The summed E-state index contributed by atoms with van der Waals surface area (Å²) in [5.74, 6) is -0.935. The molecule has 0 spiro atoms. The zero-order chi connectivity index (χ0) is 12.3. The van der Waals surface area contributed by atoms with Crippen molar-refractivity contribution in [3.05, 3.63) is 29.8 Å². The van der Waals surface area contributed by atoms with Gasteiger partial charge in [0.15, 0.2) is 0 Å². The molecule has 1 saturated heterocycles. The number of carbonyl (C=O) groups excluding carboxylic acids is 2. The van der Waals surface area contributed by atoms with Crippen LogP contribution < -0.4 is 10.6 Å². The molecule has 17 heavy (non-hydrogen) atoms. The maximum atomic E-state index is 12.9. The molecule has 0 aromatic carbocycles. The molecular formula is C11H12FN3O2. The highest BCUT2D eigenvalue weighted by molar-refractivity contribution is 5.94. The zero-order valence-electron chi connectivity index (χ0n) is 9.07. The van der Waals surface area contributed by atoms with E-state index in [4.69, 9.17) is 0 Å². The Balaban J connectivity index is 1.95. The fourth-order valence-electron chi connectivity index (χ4n) is 1.66. The van der Waals surface area contributed by atoms with Crippen molar-refractivity contribution in [3.8, 4) is 0 Å². The van der Waals surface area contributed by atoms with Gasteiger partial charge in [0.1, 0.15) is 5.82 Å². The average Bonchev–Trinajstić information content (AvgIpc) is 2.32. The highest BCUT2D eigenvalue weighted by Gasteiger charge is 2.20. The second-order valence-corrected chi connectivity index (χ2v) is 3.90. The summed E-state index contributed by atoms with van der Waals surface area (Å²) in [7, 11) is 0. The van der Waals surface area contributed by atoms with Crippen LogP contribution in [0.4, 0.5) is 4.39 Å². The lowest BCUT2D eigenvalue weighted by Gasteiger charge is -2.23. The van der Waals surface area contributed by atoms with E-state index in [1.54, 1.807) is 0 Å². The molecule has 1 aromatic heterocycles. The smallest absolute Gasteiger partial charge is 0.253 e. The van der Waals surface area contributed by atoms with Crippen molar-refractivity contribution in [2.24, 2.45) is 0 Å². The second-order valence-electron chi connectivity index (χ2n) is 3.90. The largest absolute Gasteiger partial charge is 0.354 e. The Morgan fingerprint density at radius 1 is 1.53 bits per heavy atom. The summed E-state index contributed by atoms with van der Waals surface area (Å²) < 4.78 is 12.9. The highest BCUT2D eigenvalue weighted by Crippen LogP contribution is 2.05. The van der Waals surface area contributed by atoms with Crippen LogP contribution in [0.2, 0.25) is 0 Å². The monoisotopic (exact) mass is 237 g/mol. The first-order chi connectivity index (χ1) is 8.15. The van der Waals surface area contributed by atoms with Gasteiger partial charge in [-0.15, -0.1) is 0 Å². The Labute approximate surface area is 97.4 Å². The van der Waals surface area contributed by atoms with Crippen molar-refractivity contribution in [3.63, 3.8) is 0 Å². The number of hydrogen-bond acceptors (Lipinski definition) is 3. The lowest BCUT2D eigenvalue weighted by Crippen LogP contribution is -2.47. The van der Waals surface area contributed by atoms with Crippen LogP contribution >= 0.6 is 0 Å². The summed E-state index contributed by atoms with van der Waals surface area (Å²) in [5.41, 5.74) is 0.182. The van der Waals surface area contributed by atoms with Crippen LogP contribution in [0.5, 0.6) is 0 Å². The summed E-state index contributed by atoms with van der Waals surface area (Å²) in [6.07, 6.45) is 3.34. The predicted octanol–water partition coefficient (Wildman–Crippen LogP) is 0.229. The lowest BCUT2D eigenvalue weighted by molar-refractivity contribution is -0.122. The fourth-order valence-corrected chi connectivity index (χ4v) is 1.66. The average molecular weight is 237 g/mol. The molecule has 2 rings (SSSR count). The standard InChI is InChI=1S/C11H12FN3O2/c12-8-3-7(4-13-5-8)11(17)15-9-1-2-10(16)14-6-9/h3-5,9H,1-2,6H2,(H,14,16)(H,15,17). The Morgan fingerprint density at radius 2 is 2.35 bits per heavy atom. The first kappa shape index (κ1) is 11.5. The minimum Gasteiger partial charge on any atom is -0.354 e. The van der Waals surface area contributed by atoms with Crippen molar-refractivity contribution >= 4 is 11.8 Å². The van der Waals surface area contributed by atoms with Crippen molar-refractivity contribution in [2.45, 2.75) is 18.9 Å². The molecule has 1 aromatic rings. The lowest BCUT2D eigenvalue weighted by atomic mass is 10.1. The van der Waals surface area contributed by atoms with Gasteiger partial charge in [-0.1, -0.05) is 0 Å². The van der Waals surface area contributed by atoms with Gasteiger partial charge in [0.05, 0.1) is 11.8 Å². The molecular weight excluding hydrogens is 225 g/mol. The number of aromatic nitrogens is 1. The first-order valence-corrected chi connectivity index (χ1v) is 5.33. The third-order valence-electron chi connectivity index (χ3n) is 2.57.